The minimum atomic E-state index is -4.47. The van der Waals surface area contributed by atoms with Crippen molar-refractivity contribution in [1.29, 1.82) is 0 Å². The quantitative estimate of drug-likeness (QED) is 0.604. The van der Waals surface area contributed by atoms with Crippen LogP contribution in [-0.2, 0) is 10.9 Å². The summed E-state index contributed by atoms with van der Waals surface area (Å²) in [5.41, 5.74) is 6.12. The lowest BCUT2D eigenvalue weighted by Gasteiger charge is -2.28. The predicted octanol–water partition coefficient (Wildman–Crippen LogP) is 3.94. The number of ether oxygens (including phenoxy) is 1. The Morgan fingerprint density at radius 2 is 1.84 bits per heavy atom. The van der Waals surface area contributed by atoms with E-state index in [-0.39, 0.29) is 5.69 Å². The maximum atomic E-state index is 13.2. The van der Waals surface area contributed by atoms with Crippen molar-refractivity contribution in [3.05, 3.63) is 47.3 Å². The van der Waals surface area contributed by atoms with E-state index in [2.05, 4.69) is 25.4 Å². The zero-order valence-corrected chi connectivity index (χ0v) is 17.2. The van der Waals surface area contributed by atoms with Crippen LogP contribution in [0, 0.1) is 6.92 Å². The highest BCUT2D eigenvalue weighted by molar-refractivity contribution is 5.94. The molecule has 7 nitrogen and oxygen atoms in total. The number of benzene rings is 1. The van der Waals surface area contributed by atoms with Gasteiger partial charge in [0, 0.05) is 35.7 Å². The van der Waals surface area contributed by atoms with Gasteiger partial charge in [-0.1, -0.05) is 0 Å². The number of halogens is 3. The third-order valence-corrected chi connectivity index (χ3v) is 5.33. The number of rotatable bonds is 4. The van der Waals surface area contributed by atoms with Crippen molar-refractivity contribution in [3.8, 4) is 0 Å². The smallest absolute Gasteiger partial charge is 0.399 e. The molecular formula is C21H23F3N6O. The number of fused-ring (bicyclic) bond motifs is 1. The number of alkyl halides is 3. The molecule has 10 heteroatoms. The standard InChI is InChI=1S/C21H23F3N6O/c1-12(14-7-15(21(22,23)24)9-16(25)8-14)27-20-17-10-19(30-3-5-31-6-4-30)26-11-18(17)13(2)28-29-20/h7-12H,3-6,25H2,1-2H3,(H,27,29). The Balaban J connectivity index is 1.69. The van der Waals surface area contributed by atoms with Crippen LogP contribution < -0.4 is 16.0 Å². The van der Waals surface area contributed by atoms with Crippen molar-refractivity contribution in [1.82, 2.24) is 15.2 Å². The van der Waals surface area contributed by atoms with Crippen molar-refractivity contribution < 1.29 is 17.9 Å². The number of nitrogen functional groups attached to an aromatic ring is 1. The highest BCUT2D eigenvalue weighted by Crippen LogP contribution is 2.34. The van der Waals surface area contributed by atoms with E-state index in [1.54, 1.807) is 13.1 Å². The van der Waals surface area contributed by atoms with Gasteiger partial charge < -0.3 is 20.7 Å². The molecule has 1 aromatic carbocycles. The molecule has 3 aromatic rings. The molecule has 1 unspecified atom stereocenters. The number of aryl methyl sites for hydroxylation is 1. The largest absolute Gasteiger partial charge is 0.416 e. The summed E-state index contributed by atoms with van der Waals surface area (Å²) in [5, 5.41) is 13.3. The van der Waals surface area contributed by atoms with E-state index in [0.29, 0.717) is 24.6 Å². The Labute approximate surface area is 177 Å². The fourth-order valence-corrected chi connectivity index (χ4v) is 3.61. The molecule has 1 saturated heterocycles. The first kappa shape index (κ1) is 21.1. The van der Waals surface area contributed by atoms with Crippen molar-refractivity contribution in [2.24, 2.45) is 0 Å². The van der Waals surface area contributed by atoms with Crippen LogP contribution in [0.2, 0.25) is 0 Å². The summed E-state index contributed by atoms with van der Waals surface area (Å²) in [6, 6.07) is 5.00. The SMILES string of the molecule is Cc1nnc(NC(C)c2cc(N)cc(C(F)(F)F)c2)c2cc(N3CCOCC3)ncc12. The Bertz CT molecular complexity index is 1100. The third kappa shape index (κ3) is 4.48. The molecule has 4 rings (SSSR count). The molecule has 0 aliphatic carbocycles. The molecule has 3 N–H and O–H groups in total. The molecule has 1 fully saturated rings. The first-order chi connectivity index (χ1) is 14.7. The van der Waals surface area contributed by atoms with Gasteiger partial charge in [-0.2, -0.15) is 18.3 Å². The Hall–Kier alpha value is -3.14. The maximum absolute atomic E-state index is 13.2. The summed E-state index contributed by atoms with van der Waals surface area (Å²) >= 11 is 0. The number of nitrogens with zero attached hydrogens (tertiary/aromatic N) is 4. The number of nitrogens with two attached hydrogens (primary N) is 1. The summed E-state index contributed by atoms with van der Waals surface area (Å²) < 4.78 is 45.0. The number of hydrogen-bond acceptors (Lipinski definition) is 7. The molecule has 1 aliphatic heterocycles. The average Bonchev–Trinajstić information content (AvgIpc) is 2.75. The van der Waals surface area contributed by atoms with Crippen LogP contribution in [0.15, 0.2) is 30.5 Å². The fraction of sp³-hybridized carbons (Fsp3) is 0.381. The van der Waals surface area contributed by atoms with Crippen LogP contribution in [0.1, 0.15) is 29.8 Å². The van der Waals surface area contributed by atoms with E-state index >= 15 is 0 Å². The lowest BCUT2D eigenvalue weighted by atomic mass is 10.0. The van der Waals surface area contributed by atoms with Gasteiger partial charge in [-0.15, -0.1) is 5.10 Å². The lowest BCUT2D eigenvalue weighted by Crippen LogP contribution is -2.36. The summed E-state index contributed by atoms with van der Waals surface area (Å²) in [5.74, 6) is 1.27. The number of anilines is 3. The van der Waals surface area contributed by atoms with Gasteiger partial charge in [0.15, 0.2) is 5.82 Å². The normalized spacial score (nSPS) is 15.8. The molecular weight excluding hydrogens is 409 g/mol. The van der Waals surface area contributed by atoms with Gasteiger partial charge in [0.05, 0.1) is 30.5 Å². The predicted molar refractivity (Wildman–Crippen MR) is 113 cm³/mol. The zero-order chi connectivity index (χ0) is 22.2. The zero-order valence-electron chi connectivity index (χ0n) is 17.2. The second-order valence-corrected chi connectivity index (χ2v) is 7.57. The minimum Gasteiger partial charge on any atom is -0.399 e. The minimum absolute atomic E-state index is 0.0529. The van der Waals surface area contributed by atoms with Gasteiger partial charge in [-0.05, 0) is 43.7 Å². The van der Waals surface area contributed by atoms with Gasteiger partial charge in [0.2, 0.25) is 0 Å². The Morgan fingerprint density at radius 3 is 2.55 bits per heavy atom. The van der Waals surface area contributed by atoms with Crippen LogP contribution in [-0.4, -0.2) is 41.5 Å². The van der Waals surface area contributed by atoms with Gasteiger partial charge in [-0.25, -0.2) is 4.98 Å². The Morgan fingerprint density at radius 1 is 1.10 bits per heavy atom. The highest BCUT2D eigenvalue weighted by atomic mass is 19.4. The van der Waals surface area contributed by atoms with Crippen molar-refractivity contribution >= 4 is 28.1 Å². The first-order valence-corrected chi connectivity index (χ1v) is 9.92. The first-order valence-electron chi connectivity index (χ1n) is 9.92. The second kappa shape index (κ2) is 8.18. The number of pyridine rings is 1. The maximum Gasteiger partial charge on any atom is 0.416 e. The Kier molecular flexibility index (Phi) is 5.57. The average molecular weight is 432 g/mol. The molecule has 3 heterocycles. The van der Waals surface area contributed by atoms with Gasteiger partial charge in [0.1, 0.15) is 5.82 Å². The summed E-state index contributed by atoms with van der Waals surface area (Å²) in [4.78, 5) is 6.68. The van der Waals surface area contributed by atoms with Crippen LogP contribution in [0.3, 0.4) is 0 Å². The van der Waals surface area contributed by atoms with Crippen LogP contribution in [0.4, 0.5) is 30.5 Å². The summed E-state index contributed by atoms with van der Waals surface area (Å²) in [7, 11) is 0. The highest BCUT2D eigenvalue weighted by Gasteiger charge is 2.31. The topological polar surface area (TPSA) is 89.2 Å². The monoisotopic (exact) mass is 432 g/mol. The van der Waals surface area contributed by atoms with Crippen molar-refractivity contribution in [2.75, 3.05) is 42.3 Å². The number of hydrogen-bond donors (Lipinski definition) is 2. The molecule has 0 amide bonds. The molecule has 0 radical (unpaired) electrons. The van der Waals surface area contributed by atoms with Crippen LogP contribution in [0.25, 0.3) is 10.8 Å². The summed E-state index contributed by atoms with van der Waals surface area (Å²) in [6.07, 6.45) is -2.72. The van der Waals surface area contributed by atoms with Crippen LogP contribution >= 0.6 is 0 Å². The molecule has 1 aliphatic rings. The van der Waals surface area contributed by atoms with E-state index < -0.39 is 17.8 Å². The van der Waals surface area contributed by atoms with Crippen molar-refractivity contribution in [3.63, 3.8) is 0 Å². The van der Waals surface area contributed by atoms with E-state index in [4.69, 9.17) is 10.5 Å². The summed E-state index contributed by atoms with van der Waals surface area (Å²) in [6.45, 7) is 6.33. The molecule has 1 atom stereocenters. The van der Waals surface area contributed by atoms with Crippen molar-refractivity contribution in [2.45, 2.75) is 26.1 Å². The second-order valence-electron chi connectivity index (χ2n) is 7.57. The van der Waals surface area contributed by atoms with E-state index in [1.807, 2.05) is 13.0 Å². The molecule has 0 bridgehead atoms. The van der Waals surface area contributed by atoms with Gasteiger partial charge in [-0.3, -0.25) is 0 Å². The molecule has 0 saturated carbocycles. The number of morpholine rings is 1. The fourth-order valence-electron chi connectivity index (χ4n) is 3.61. The van der Waals surface area contributed by atoms with Gasteiger partial charge >= 0.3 is 6.18 Å². The van der Waals surface area contributed by atoms with Crippen LogP contribution in [0.5, 0.6) is 0 Å². The molecule has 2 aromatic heterocycles. The lowest BCUT2D eigenvalue weighted by molar-refractivity contribution is -0.137. The number of nitrogens with one attached hydrogen (secondary N) is 1. The van der Waals surface area contributed by atoms with Gasteiger partial charge in [0.25, 0.3) is 0 Å². The van der Waals surface area contributed by atoms with E-state index in [0.717, 1.165) is 47.5 Å². The molecule has 31 heavy (non-hydrogen) atoms. The third-order valence-electron chi connectivity index (χ3n) is 5.33. The number of aromatic nitrogens is 3. The molecule has 164 valence electrons. The van der Waals surface area contributed by atoms with E-state index in [9.17, 15) is 13.2 Å². The molecule has 0 spiro atoms. The van der Waals surface area contributed by atoms with E-state index in [1.165, 1.54) is 6.07 Å².